The molecule has 0 fully saturated rings. The van der Waals surface area contributed by atoms with Crippen LogP contribution < -0.4 is 5.32 Å². The molecule has 7 heteroatoms. The Labute approximate surface area is 178 Å². The van der Waals surface area contributed by atoms with E-state index in [0.29, 0.717) is 11.3 Å². The zero-order valence-electron chi connectivity index (χ0n) is 16.3. The maximum atomic E-state index is 12.8. The maximum Gasteiger partial charge on any atom is 0.255 e. The lowest BCUT2D eigenvalue weighted by Gasteiger charge is -2.08. The molecule has 0 aliphatic heterocycles. The van der Waals surface area contributed by atoms with Crippen molar-refractivity contribution in [2.75, 3.05) is 5.32 Å². The lowest BCUT2D eigenvalue weighted by molar-refractivity contribution is 0.102. The van der Waals surface area contributed by atoms with Crippen molar-refractivity contribution in [1.82, 2.24) is 23.9 Å². The van der Waals surface area contributed by atoms with Crippen molar-refractivity contribution in [3.05, 3.63) is 109 Å². The third kappa shape index (κ3) is 3.91. The number of hydrogen-bond donors (Lipinski definition) is 1. The second kappa shape index (κ2) is 7.97. The van der Waals surface area contributed by atoms with Gasteiger partial charge in [-0.3, -0.25) is 14.2 Å². The molecule has 5 aromatic rings. The molecule has 3 aromatic heterocycles. The number of aromatic nitrogens is 5. The van der Waals surface area contributed by atoms with Crippen LogP contribution in [0, 0.1) is 11.8 Å². The predicted molar refractivity (Wildman–Crippen MR) is 117 cm³/mol. The molecular formula is C24H16N6O. The molecular weight excluding hydrogens is 388 g/mol. The fourth-order valence-electron chi connectivity index (χ4n) is 3.17. The monoisotopic (exact) mass is 404 g/mol. The van der Waals surface area contributed by atoms with Crippen molar-refractivity contribution in [2.45, 2.75) is 0 Å². The molecule has 0 bridgehead atoms. The summed E-state index contributed by atoms with van der Waals surface area (Å²) in [6.45, 7) is 0. The lowest BCUT2D eigenvalue weighted by Crippen LogP contribution is -2.12. The van der Waals surface area contributed by atoms with E-state index in [-0.39, 0.29) is 5.91 Å². The zero-order chi connectivity index (χ0) is 21.0. The van der Waals surface area contributed by atoms with Gasteiger partial charge in [0.05, 0.1) is 18.7 Å². The Hall–Kier alpha value is -4.70. The van der Waals surface area contributed by atoms with Crippen LogP contribution in [0.4, 0.5) is 5.69 Å². The molecule has 0 spiro atoms. The van der Waals surface area contributed by atoms with E-state index in [9.17, 15) is 4.79 Å². The number of rotatable bonds is 3. The number of fused-ring (bicyclic) bond motifs is 1. The molecule has 1 N–H and O–H groups in total. The Balaban J connectivity index is 1.36. The van der Waals surface area contributed by atoms with Gasteiger partial charge in [0.15, 0.2) is 5.65 Å². The first kappa shape index (κ1) is 18.3. The summed E-state index contributed by atoms with van der Waals surface area (Å²) >= 11 is 0. The number of carbonyl (C=O) groups is 1. The van der Waals surface area contributed by atoms with E-state index in [2.05, 4.69) is 32.1 Å². The number of nitrogens with one attached hydrogen (secondary N) is 1. The van der Waals surface area contributed by atoms with Crippen molar-refractivity contribution in [3.63, 3.8) is 0 Å². The van der Waals surface area contributed by atoms with Crippen molar-refractivity contribution >= 4 is 17.2 Å². The minimum Gasteiger partial charge on any atom is -0.322 e. The summed E-state index contributed by atoms with van der Waals surface area (Å²) in [5.74, 6) is 6.01. The van der Waals surface area contributed by atoms with Crippen molar-refractivity contribution in [3.8, 4) is 17.5 Å². The van der Waals surface area contributed by atoms with Crippen molar-refractivity contribution in [1.29, 1.82) is 0 Å². The number of anilines is 1. The van der Waals surface area contributed by atoms with Gasteiger partial charge in [0.2, 0.25) is 0 Å². The molecule has 2 aromatic carbocycles. The van der Waals surface area contributed by atoms with Gasteiger partial charge in [-0.2, -0.15) is 0 Å². The Bertz CT molecular complexity index is 1440. The molecule has 148 valence electrons. The second-order valence-electron chi connectivity index (χ2n) is 6.75. The molecule has 0 saturated heterocycles. The zero-order valence-corrected chi connectivity index (χ0v) is 16.3. The maximum absolute atomic E-state index is 12.8. The van der Waals surface area contributed by atoms with Gasteiger partial charge in [-0.1, -0.05) is 18.1 Å². The topological polar surface area (TPSA) is 77.1 Å². The van der Waals surface area contributed by atoms with Crippen LogP contribution in [0.1, 0.15) is 21.6 Å². The molecule has 0 aliphatic rings. The van der Waals surface area contributed by atoms with Gasteiger partial charge in [0.25, 0.3) is 5.91 Å². The van der Waals surface area contributed by atoms with Gasteiger partial charge < -0.3 is 9.88 Å². The molecule has 0 radical (unpaired) electrons. The third-order valence-electron chi connectivity index (χ3n) is 4.68. The highest BCUT2D eigenvalue weighted by molar-refractivity contribution is 6.04. The third-order valence-corrected chi connectivity index (χ3v) is 4.68. The highest BCUT2D eigenvalue weighted by Crippen LogP contribution is 2.16. The Morgan fingerprint density at radius 3 is 2.74 bits per heavy atom. The first-order valence-corrected chi connectivity index (χ1v) is 9.55. The van der Waals surface area contributed by atoms with Crippen LogP contribution in [-0.2, 0) is 0 Å². The summed E-state index contributed by atoms with van der Waals surface area (Å²) in [4.78, 5) is 25.2. The molecule has 31 heavy (non-hydrogen) atoms. The summed E-state index contributed by atoms with van der Waals surface area (Å²) in [5.41, 5.74) is 4.37. The number of amides is 1. The molecule has 0 atom stereocenters. The summed E-state index contributed by atoms with van der Waals surface area (Å²) in [7, 11) is 0. The number of benzene rings is 2. The van der Waals surface area contributed by atoms with Crippen molar-refractivity contribution < 1.29 is 4.79 Å². The fraction of sp³-hybridized carbons (Fsp3) is 0. The molecule has 3 heterocycles. The quantitative estimate of drug-likeness (QED) is 0.467. The number of hydrogen-bond acceptors (Lipinski definition) is 4. The van der Waals surface area contributed by atoms with Gasteiger partial charge >= 0.3 is 0 Å². The Morgan fingerprint density at radius 1 is 0.935 bits per heavy atom. The summed E-state index contributed by atoms with van der Waals surface area (Å²) < 4.78 is 3.74. The summed E-state index contributed by atoms with van der Waals surface area (Å²) in [6.07, 6.45) is 12.2. The van der Waals surface area contributed by atoms with Crippen LogP contribution in [0.2, 0.25) is 0 Å². The first-order valence-electron chi connectivity index (χ1n) is 9.55. The molecule has 5 rings (SSSR count). The minimum atomic E-state index is -0.202. The molecule has 0 saturated carbocycles. The SMILES string of the molecule is O=C(Nc1cccc(-n2ccnc2)c1)c1cccc(C#Cc2cnc3cnccn23)c1. The Morgan fingerprint density at radius 2 is 1.84 bits per heavy atom. The molecule has 1 amide bonds. The van der Waals surface area contributed by atoms with E-state index in [1.165, 1.54) is 0 Å². The average Bonchev–Trinajstić information content (AvgIpc) is 3.49. The van der Waals surface area contributed by atoms with Crippen LogP contribution in [0.3, 0.4) is 0 Å². The largest absolute Gasteiger partial charge is 0.322 e. The van der Waals surface area contributed by atoms with E-state index in [0.717, 1.165) is 22.6 Å². The number of nitrogens with zero attached hydrogens (tertiary/aromatic N) is 5. The summed E-state index contributed by atoms with van der Waals surface area (Å²) in [5, 5.41) is 2.94. The van der Waals surface area contributed by atoms with Crippen molar-refractivity contribution in [2.24, 2.45) is 0 Å². The van der Waals surface area contributed by atoms with E-state index in [1.54, 1.807) is 43.2 Å². The highest BCUT2D eigenvalue weighted by Gasteiger charge is 2.07. The van der Waals surface area contributed by atoms with E-state index in [4.69, 9.17) is 0 Å². The average molecular weight is 404 g/mol. The van der Waals surface area contributed by atoms with Crippen LogP contribution in [0.15, 0.2) is 92.0 Å². The number of imidazole rings is 2. The molecule has 7 nitrogen and oxygen atoms in total. The molecule has 0 aliphatic carbocycles. The van der Waals surface area contributed by atoms with Gasteiger partial charge in [-0.15, -0.1) is 0 Å². The highest BCUT2D eigenvalue weighted by atomic mass is 16.1. The van der Waals surface area contributed by atoms with Crippen LogP contribution in [0.25, 0.3) is 11.3 Å². The lowest BCUT2D eigenvalue weighted by atomic mass is 10.1. The van der Waals surface area contributed by atoms with Crippen LogP contribution in [0.5, 0.6) is 0 Å². The van der Waals surface area contributed by atoms with Gasteiger partial charge in [-0.05, 0) is 42.3 Å². The van der Waals surface area contributed by atoms with Gasteiger partial charge in [0, 0.05) is 47.3 Å². The number of carbonyl (C=O) groups excluding carboxylic acids is 1. The standard InChI is InChI=1S/C24H16N6O/c31-24(28-20-5-2-6-21(14-20)29-11-9-26-17-29)19-4-1-3-18(13-19)7-8-22-15-27-23-16-25-10-12-30(22)23/h1-6,9-17H,(H,28,31). The fourth-order valence-corrected chi connectivity index (χ4v) is 3.17. The predicted octanol–water partition coefficient (Wildman–Crippen LogP) is 3.57. The minimum absolute atomic E-state index is 0.202. The molecule has 0 unspecified atom stereocenters. The first-order chi connectivity index (χ1) is 15.3. The van der Waals surface area contributed by atoms with Crippen LogP contribution in [-0.4, -0.2) is 29.8 Å². The second-order valence-corrected chi connectivity index (χ2v) is 6.75. The summed E-state index contributed by atoms with van der Waals surface area (Å²) in [6, 6.07) is 14.8. The van der Waals surface area contributed by atoms with Gasteiger partial charge in [-0.25, -0.2) is 9.97 Å². The van der Waals surface area contributed by atoms with E-state index < -0.39 is 0 Å². The normalized spacial score (nSPS) is 10.5. The smallest absolute Gasteiger partial charge is 0.255 e. The van der Waals surface area contributed by atoms with E-state index in [1.807, 2.05) is 57.8 Å². The Kier molecular flexibility index (Phi) is 4.71. The van der Waals surface area contributed by atoms with E-state index >= 15 is 0 Å². The van der Waals surface area contributed by atoms with Gasteiger partial charge in [0.1, 0.15) is 5.69 Å². The van der Waals surface area contributed by atoms with Crippen LogP contribution >= 0.6 is 0 Å².